The van der Waals surface area contributed by atoms with E-state index in [0.29, 0.717) is 6.54 Å². The van der Waals surface area contributed by atoms with Crippen molar-refractivity contribution in [2.24, 2.45) is 0 Å². The van der Waals surface area contributed by atoms with Crippen molar-refractivity contribution in [3.63, 3.8) is 0 Å². The van der Waals surface area contributed by atoms with E-state index >= 15 is 0 Å². The molecule has 24 heavy (non-hydrogen) atoms. The minimum absolute atomic E-state index is 0.0564. The van der Waals surface area contributed by atoms with Crippen LogP contribution < -0.4 is 5.46 Å². The Hall–Kier alpha value is -1.71. The van der Waals surface area contributed by atoms with Crippen molar-refractivity contribution >= 4 is 22.6 Å². The molecule has 6 nitrogen and oxygen atoms in total. The lowest BCUT2D eigenvalue weighted by molar-refractivity contribution is 0.282. The number of hydrogen-bond donors (Lipinski definition) is 3. The van der Waals surface area contributed by atoms with Crippen molar-refractivity contribution in [3.8, 4) is 0 Å². The monoisotopic (exact) mass is 349 g/mol. The summed E-state index contributed by atoms with van der Waals surface area (Å²) in [6.45, 7) is 2.22. The molecule has 0 aliphatic rings. The van der Waals surface area contributed by atoms with E-state index in [9.17, 15) is 8.42 Å². The molecule has 2 aromatic rings. The lowest BCUT2D eigenvalue weighted by atomic mass is 9.81. The summed E-state index contributed by atoms with van der Waals surface area (Å²) in [5.74, 6) is 0. The van der Waals surface area contributed by atoms with Gasteiger partial charge in [-0.05, 0) is 28.7 Å². The first-order valence-electron chi connectivity index (χ1n) is 7.53. The fourth-order valence-corrected chi connectivity index (χ4v) is 3.72. The van der Waals surface area contributed by atoms with Gasteiger partial charge in [0.25, 0.3) is 0 Å². The Kier molecular flexibility index (Phi) is 6.14. The summed E-state index contributed by atoms with van der Waals surface area (Å²) in [5.41, 5.74) is 1.82. The minimum atomic E-state index is -3.69. The van der Waals surface area contributed by atoms with Crippen LogP contribution in [0.3, 0.4) is 0 Å². The van der Waals surface area contributed by atoms with Gasteiger partial charge in [0.15, 0.2) is 0 Å². The van der Waals surface area contributed by atoms with Crippen LogP contribution in [0.25, 0.3) is 0 Å². The normalized spacial score (nSPS) is 11.7. The molecule has 0 atom stereocenters. The van der Waals surface area contributed by atoms with E-state index in [-0.39, 0.29) is 23.5 Å². The van der Waals surface area contributed by atoms with E-state index in [1.165, 1.54) is 28.6 Å². The third kappa shape index (κ3) is 4.22. The summed E-state index contributed by atoms with van der Waals surface area (Å²) in [4.78, 5) is 0.0979. The molecule has 0 bridgehead atoms. The number of nitrogens with zero attached hydrogens (tertiary/aromatic N) is 1. The van der Waals surface area contributed by atoms with Crippen LogP contribution in [0, 0.1) is 0 Å². The first-order valence-corrected chi connectivity index (χ1v) is 8.97. The fraction of sp³-hybridized carbons (Fsp3) is 0.250. The molecular weight excluding hydrogens is 329 g/mol. The van der Waals surface area contributed by atoms with Gasteiger partial charge in [0, 0.05) is 13.1 Å². The Morgan fingerprint density at radius 2 is 1.50 bits per heavy atom. The Balaban J connectivity index is 2.23. The Morgan fingerprint density at radius 1 is 0.958 bits per heavy atom. The molecule has 0 aromatic heterocycles. The van der Waals surface area contributed by atoms with E-state index in [4.69, 9.17) is 15.2 Å². The van der Waals surface area contributed by atoms with E-state index < -0.39 is 17.1 Å². The van der Waals surface area contributed by atoms with Crippen molar-refractivity contribution in [2.75, 3.05) is 6.54 Å². The second kappa shape index (κ2) is 7.91. The number of aliphatic hydroxyl groups excluding tert-OH is 1. The Morgan fingerprint density at radius 3 is 1.96 bits per heavy atom. The van der Waals surface area contributed by atoms with Crippen LogP contribution in [0.4, 0.5) is 0 Å². The summed E-state index contributed by atoms with van der Waals surface area (Å²) in [5, 5.41) is 27.2. The van der Waals surface area contributed by atoms with Crippen LogP contribution in [0.2, 0.25) is 0 Å². The van der Waals surface area contributed by atoms with E-state index in [1.54, 1.807) is 31.2 Å². The van der Waals surface area contributed by atoms with Crippen molar-refractivity contribution in [1.29, 1.82) is 0 Å². The van der Waals surface area contributed by atoms with Crippen molar-refractivity contribution < 1.29 is 23.6 Å². The third-order valence-corrected chi connectivity index (χ3v) is 5.67. The number of rotatable bonds is 7. The number of aliphatic hydroxyl groups is 1. The predicted molar refractivity (Wildman–Crippen MR) is 91.9 cm³/mol. The maximum Gasteiger partial charge on any atom is 0.488 e. The van der Waals surface area contributed by atoms with Crippen molar-refractivity contribution in [1.82, 2.24) is 4.31 Å². The minimum Gasteiger partial charge on any atom is -0.423 e. The first kappa shape index (κ1) is 18.6. The standard InChI is InChI=1S/C16H20BNO5S/c1-2-18(11-13-3-5-14(12-19)6-4-13)24(22,23)16-9-7-15(8-10-16)17(20)21/h3-10,19-21H,2,11-12H2,1H3. The highest BCUT2D eigenvalue weighted by molar-refractivity contribution is 7.89. The van der Waals surface area contributed by atoms with Gasteiger partial charge in [-0.25, -0.2) is 8.42 Å². The van der Waals surface area contributed by atoms with Crippen molar-refractivity contribution in [3.05, 3.63) is 59.7 Å². The lowest BCUT2D eigenvalue weighted by Gasteiger charge is -2.21. The molecule has 128 valence electrons. The van der Waals surface area contributed by atoms with Gasteiger partial charge < -0.3 is 15.2 Å². The molecule has 0 aliphatic heterocycles. The molecule has 0 spiro atoms. The van der Waals surface area contributed by atoms with Crippen LogP contribution in [-0.2, 0) is 23.2 Å². The number of sulfonamides is 1. The number of hydrogen-bond acceptors (Lipinski definition) is 5. The maximum absolute atomic E-state index is 12.7. The molecule has 3 N–H and O–H groups in total. The highest BCUT2D eigenvalue weighted by Gasteiger charge is 2.24. The fourth-order valence-electron chi connectivity index (χ4n) is 2.28. The highest BCUT2D eigenvalue weighted by Crippen LogP contribution is 2.18. The van der Waals surface area contributed by atoms with Crippen LogP contribution >= 0.6 is 0 Å². The second-order valence-electron chi connectivity index (χ2n) is 5.35. The highest BCUT2D eigenvalue weighted by atomic mass is 32.2. The zero-order valence-corrected chi connectivity index (χ0v) is 14.1. The third-order valence-electron chi connectivity index (χ3n) is 3.73. The SMILES string of the molecule is CCN(Cc1ccc(CO)cc1)S(=O)(=O)c1ccc(B(O)O)cc1. The molecule has 0 fully saturated rings. The van der Waals surface area contributed by atoms with Gasteiger partial charge in [-0.1, -0.05) is 43.3 Å². The maximum atomic E-state index is 12.7. The van der Waals surface area contributed by atoms with E-state index in [1.807, 2.05) is 0 Å². The van der Waals surface area contributed by atoms with Gasteiger partial charge in [0.05, 0.1) is 11.5 Å². The van der Waals surface area contributed by atoms with Crippen LogP contribution in [0.15, 0.2) is 53.4 Å². The zero-order valence-electron chi connectivity index (χ0n) is 13.3. The molecule has 0 amide bonds. The second-order valence-corrected chi connectivity index (χ2v) is 7.29. The molecule has 0 saturated carbocycles. The lowest BCUT2D eigenvalue weighted by Crippen LogP contribution is -2.32. The average molecular weight is 349 g/mol. The number of benzene rings is 2. The summed E-state index contributed by atoms with van der Waals surface area (Å²) in [7, 11) is -5.32. The van der Waals surface area contributed by atoms with Gasteiger partial charge in [-0.15, -0.1) is 0 Å². The average Bonchev–Trinajstić information content (AvgIpc) is 2.60. The Labute approximate surface area is 142 Å². The summed E-state index contributed by atoms with van der Waals surface area (Å²) in [6.07, 6.45) is 0. The topological polar surface area (TPSA) is 98.1 Å². The smallest absolute Gasteiger partial charge is 0.423 e. The van der Waals surface area contributed by atoms with Crippen LogP contribution in [0.1, 0.15) is 18.1 Å². The first-order chi connectivity index (χ1) is 11.4. The van der Waals surface area contributed by atoms with Gasteiger partial charge >= 0.3 is 7.12 Å². The molecule has 8 heteroatoms. The van der Waals surface area contributed by atoms with E-state index in [0.717, 1.165) is 11.1 Å². The summed E-state index contributed by atoms with van der Waals surface area (Å²) in [6, 6.07) is 12.6. The van der Waals surface area contributed by atoms with Crippen LogP contribution in [-0.4, -0.2) is 41.5 Å². The molecular formula is C16H20BNO5S. The predicted octanol–water partition coefficient (Wildman–Crippen LogP) is 0.0695. The van der Waals surface area contributed by atoms with Gasteiger partial charge in [0.1, 0.15) is 0 Å². The molecule has 0 radical (unpaired) electrons. The molecule has 2 rings (SSSR count). The zero-order chi connectivity index (χ0) is 17.7. The Bertz CT molecular complexity index is 760. The van der Waals surface area contributed by atoms with E-state index in [2.05, 4.69) is 0 Å². The summed E-state index contributed by atoms with van der Waals surface area (Å²) < 4.78 is 26.8. The largest absolute Gasteiger partial charge is 0.488 e. The van der Waals surface area contributed by atoms with Crippen molar-refractivity contribution in [2.45, 2.75) is 25.0 Å². The molecule has 0 aliphatic carbocycles. The van der Waals surface area contributed by atoms with Gasteiger partial charge in [-0.3, -0.25) is 0 Å². The quantitative estimate of drug-likeness (QED) is 0.615. The van der Waals surface area contributed by atoms with Gasteiger partial charge in [-0.2, -0.15) is 4.31 Å². The molecule has 0 unspecified atom stereocenters. The van der Waals surface area contributed by atoms with Gasteiger partial charge in [0.2, 0.25) is 10.0 Å². The molecule has 2 aromatic carbocycles. The summed E-state index contributed by atoms with van der Waals surface area (Å²) >= 11 is 0. The molecule has 0 heterocycles. The van der Waals surface area contributed by atoms with Crippen LogP contribution in [0.5, 0.6) is 0 Å². The molecule has 0 saturated heterocycles.